The average Bonchev–Trinajstić information content (AvgIpc) is 2.41. The van der Waals surface area contributed by atoms with Crippen molar-refractivity contribution >= 4 is 5.84 Å². The van der Waals surface area contributed by atoms with Crippen LogP contribution in [-0.4, -0.2) is 17.4 Å². The first kappa shape index (κ1) is 13.1. The fourth-order valence-corrected chi connectivity index (χ4v) is 1.76. The highest BCUT2D eigenvalue weighted by Crippen LogP contribution is 2.13. The van der Waals surface area contributed by atoms with Crippen LogP contribution in [0.1, 0.15) is 11.1 Å². The molecule has 2 rings (SSSR count). The number of rotatable bonds is 6. The Labute approximate surface area is 112 Å². The Hall–Kier alpha value is -2.36. The lowest BCUT2D eigenvalue weighted by Gasteiger charge is -2.07. The Bertz CT molecular complexity index is 523. The molecule has 2 aromatic rings. The number of nitrogens with one attached hydrogen (secondary N) is 1. The van der Waals surface area contributed by atoms with Gasteiger partial charge in [0.25, 0.3) is 0 Å². The van der Waals surface area contributed by atoms with Crippen LogP contribution in [0.25, 0.3) is 0 Å². The number of nitrogens with two attached hydrogens (primary N) is 1. The van der Waals surface area contributed by atoms with Crippen molar-refractivity contribution in [2.24, 2.45) is 5.73 Å². The largest absolute Gasteiger partial charge is 0.493 e. The van der Waals surface area contributed by atoms with Gasteiger partial charge in [-0.2, -0.15) is 0 Å². The topological polar surface area (TPSA) is 72.0 Å². The van der Waals surface area contributed by atoms with Crippen molar-refractivity contribution in [2.45, 2.75) is 12.8 Å². The van der Waals surface area contributed by atoms with Crippen LogP contribution >= 0.6 is 0 Å². The number of pyridine rings is 1. The van der Waals surface area contributed by atoms with Gasteiger partial charge in [-0.05, 0) is 35.4 Å². The van der Waals surface area contributed by atoms with Crippen molar-refractivity contribution in [3.8, 4) is 5.75 Å². The van der Waals surface area contributed by atoms with Gasteiger partial charge in [0.05, 0.1) is 12.4 Å². The smallest absolute Gasteiger partial charge is 0.119 e. The molecule has 98 valence electrons. The van der Waals surface area contributed by atoms with Gasteiger partial charge in [-0.1, -0.05) is 12.1 Å². The molecule has 0 unspecified atom stereocenters. The van der Waals surface area contributed by atoms with Crippen molar-refractivity contribution in [3.05, 3.63) is 59.9 Å². The van der Waals surface area contributed by atoms with Crippen LogP contribution in [0.2, 0.25) is 0 Å². The molecule has 0 aliphatic heterocycles. The second kappa shape index (κ2) is 6.54. The lowest BCUT2D eigenvalue weighted by Crippen LogP contribution is -2.12. The van der Waals surface area contributed by atoms with E-state index in [9.17, 15) is 0 Å². The first-order valence-corrected chi connectivity index (χ1v) is 6.17. The van der Waals surface area contributed by atoms with E-state index in [1.807, 2.05) is 36.4 Å². The number of ether oxygens (including phenoxy) is 1. The molecule has 4 nitrogen and oxygen atoms in total. The molecule has 0 radical (unpaired) electrons. The maximum Gasteiger partial charge on any atom is 0.119 e. The van der Waals surface area contributed by atoms with Gasteiger partial charge in [0.1, 0.15) is 5.75 Å². The fourth-order valence-electron chi connectivity index (χ4n) is 1.76. The fraction of sp³-hybridized carbons (Fsp3) is 0.200. The van der Waals surface area contributed by atoms with Crippen molar-refractivity contribution < 1.29 is 4.74 Å². The first-order valence-electron chi connectivity index (χ1n) is 6.17. The van der Waals surface area contributed by atoms with Crippen LogP contribution in [0.4, 0.5) is 0 Å². The van der Waals surface area contributed by atoms with E-state index in [1.165, 1.54) is 5.56 Å². The summed E-state index contributed by atoms with van der Waals surface area (Å²) < 4.78 is 5.66. The molecular weight excluding hydrogens is 238 g/mol. The van der Waals surface area contributed by atoms with Gasteiger partial charge in [-0.15, -0.1) is 0 Å². The minimum atomic E-state index is 0.173. The van der Waals surface area contributed by atoms with Crippen molar-refractivity contribution in [1.82, 2.24) is 4.98 Å². The summed E-state index contributed by atoms with van der Waals surface area (Å²) in [5.74, 6) is 1.01. The predicted octanol–water partition coefficient (Wildman–Crippen LogP) is 2.18. The third-order valence-corrected chi connectivity index (χ3v) is 2.73. The maximum absolute atomic E-state index is 7.23. The third-order valence-electron chi connectivity index (χ3n) is 2.73. The minimum absolute atomic E-state index is 0.173. The van der Waals surface area contributed by atoms with Crippen molar-refractivity contribution in [2.75, 3.05) is 6.61 Å². The monoisotopic (exact) mass is 255 g/mol. The van der Waals surface area contributed by atoms with Gasteiger partial charge < -0.3 is 10.5 Å². The third kappa shape index (κ3) is 4.43. The molecule has 0 amide bonds. The molecule has 0 saturated heterocycles. The molecule has 0 saturated carbocycles. The van der Waals surface area contributed by atoms with Gasteiger partial charge in [-0.3, -0.25) is 10.4 Å². The molecule has 0 atom stereocenters. The molecule has 1 aromatic carbocycles. The SMILES string of the molecule is N=C(N)Cc1ccc(OCCc2ccncc2)cc1. The quantitative estimate of drug-likeness (QED) is 0.614. The highest BCUT2D eigenvalue weighted by molar-refractivity contribution is 5.79. The van der Waals surface area contributed by atoms with Crippen LogP contribution in [0, 0.1) is 5.41 Å². The number of aromatic nitrogens is 1. The first-order chi connectivity index (χ1) is 9.24. The standard InChI is InChI=1S/C15H17N3O/c16-15(17)11-13-1-3-14(4-2-13)19-10-7-12-5-8-18-9-6-12/h1-6,8-9H,7,10-11H2,(H3,16,17). The number of hydrogen-bond donors (Lipinski definition) is 2. The summed E-state index contributed by atoms with van der Waals surface area (Å²) in [6.07, 6.45) is 4.91. The summed E-state index contributed by atoms with van der Waals surface area (Å²) >= 11 is 0. The number of benzene rings is 1. The summed E-state index contributed by atoms with van der Waals surface area (Å²) in [6, 6.07) is 11.7. The number of amidine groups is 1. The van der Waals surface area contributed by atoms with E-state index in [0.717, 1.165) is 17.7 Å². The summed E-state index contributed by atoms with van der Waals surface area (Å²) in [7, 11) is 0. The molecule has 0 aliphatic carbocycles. The van der Waals surface area contributed by atoms with E-state index in [-0.39, 0.29) is 5.84 Å². The molecule has 3 N–H and O–H groups in total. The molecule has 0 fully saturated rings. The zero-order valence-corrected chi connectivity index (χ0v) is 10.7. The van der Waals surface area contributed by atoms with E-state index in [1.54, 1.807) is 12.4 Å². The Balaban J connectivity index is 1.81. The van der Waals surface area contributed by atoms with E-state index >= 15 is 0 Å². The van der Waals surface area contributed by atoms with E-state index < -0.39 is 0 Å². The van der Waals surface area contributed by atoms with Gasteiger partial charge in [-0.25, -0.2) is 0 Å². The highest BCUT2D eigenvalue weighted by atomic mass is 16.5. The van der Waals surface area contributed by atoms with Crippen LogP contribution < -0.4 is 10.5 Å². The Kier molecular flexibility index (Phi) is 4.50. The van der Waals surface area contributed by atoms with Crippen molar-refractivity contribution in [3.63, 3.8) is 0 Å². The van der Waals surface area contributed by atoms with Crippen LogP contribution in [-0.2, 0) is 12.8 Å². The molecule has 0 bridgehead atoms. The number of hydrogen-bond acceptors (Lipinski definition) is 3. The molecular formula is C15H17N3O. The highest BCUT2D eigenvalue weighted by Gasteiger charge is 1.98. The normalized spacial score (nSPS) is 10.1. The van der Waals surface area contributed by atoms with Gasteiger partial charge in [0, 0.05) is 25.2 Å². The molecule has 1 aromatic heterocycles. The van der Waals surface area contributed by atoms with E-state index in [0.29, 0.717) is 13.0 Å². The van der Waals surface area contributed by atoms with Crippen molar-refractivity contribution in [1.29, 1.82) is 5.41 Å². The summed E-state index contributed by atoms with van der Waals surface area (Å²) in [4.78, 5) is 3.98. The predicted molar refractivity (Wildman–Crippen MR) is 75.5 cm³/mol. The van der Waals surface area contributed by atoms with Crippen LogP contribution in [0.3, 0.4) is 0 Å². The molecule has 19 heavy (non-hydrogen) atoms. The second-order valence-electron chi connectivity index (χ2n) is 4.30. The Morgan fingerprint density at radius 2 is 1.74 bits per heavy atom. The lowest BCUT2D eigenvalue weighted by molar-refractivity contribution is 0.322. The zero-order valence-electron chi connectivity index (χ0n) is 10.7. The molecule has 4 heteroatoms. The zero-order chi connectivity index (χ0) is 13.5. The number of nitrogens with zero attached hydrogens (tertiary/aromatic N) is 1. The molecule has 1 heterocycles. The van der Waals surface area contributed by atoms with Gasteiger partial charge in [0.2, 0.25) is 0 Å². The van der Waals surface area contributed by atoms with Gasteiger partial charge in [0.15, 0.2) is 0 Å². The van der Waals surface area contributed by atoms with E-state index in [2.05, 4.69) is 4.98 Å². The lowest BCUT2D eigenvalue weighted by atomic mass is 10.1. The summed E-state index contributed by atoms with van der Waals surface area (Å²) in [6.45, 7) is 0.635. The molecule has 0 spiro atoms. The van der Waals surface area contributed by atoms with Crippen LogP contribution in [0.15, 0.2) is 48.8 Å². The summed E-state index contributed by atoms with van der Waals surface area (Å²) in [5, 5.41) is 7.23. The second-order valence-corrected chi connectivity index (χ2v) is 4.30. The van der Waals surface area contributed by atoms with Gasteiger partial charge >= 0.3 is 0 Å². The maximum atomic E-state index is 7.23. The van der Waals surface area contributed by atoms with E-state index in [4.69, 9.17) is 15.9 Å². The minimum Gasteiger partial charge on any atom is -0.493 e. The summed E-state index contributed by atoms with van der Waals surface area (Å²) in [5.41, 5.74) is 7.59. The van der Waals surface area contributed by atoms with Crippen LogP contribution in [0.5, 0.6) is 5.75 Å². The average molecular weight is 255 g/mol. The Morgan fingerprint density at radius 1 is 1.05 bits per heavy atom. The molecule has 0 aliphatic rings. The Morgan fingerprint density at radius 3 is 2.37 bits per heavy atom.